The lowest BCUT2D eigenvalue weighted by Crippen LogP contribution is -2.46. The lowest BCUT2D eigenvalue weighted by molar-refractivity contribution is -0.140. The van der Waals surface area contributed by atoms with Gasteiger partial charge in [0.25, 0.3) is 5.56 Å². The number of Topliss-reactive ketones (excluding diaryl/α,β-unsaturated/α-hetero) is 1. The van der Waals surface area contributed by atoms with Crippen molar-refractivity contribution in [2.24, 2.45) is 0 Å². The van der Waals surface area contributed by atoms with Gasteiger partial charge in [-0.05, 0) is 29.8 Å². The molecule has 1 aromatic heterocycles. The van der Waals surface area contributed by atoms with Crippen LogP contribution < -0.4 is 16.2 Å². The highest BCUT2D eigenvalue weighted by atomic mass is 35.5. The third-order valence-corrected chi connectivity index (χ3v) is 6.03. The Hall–Kier alpha value is -4.68. The number of carboxylic acids is 1. The fourth-order valence-electron chi connectivity index (χ4n) is 3.44. The maximum atomic E-state index is 12.8. The lowest BCUT2D eigenvalue weighted by atomic mass is 10.1. The average molecular weight is 604 g/mol. The molecule has 12 nitrogen and oxygen atoms in total. The molecule has 0 fully saturated rings. The number of benzene rings is 2. The van der Waals surface area contributed by atoms with Crippen molar-refractivity contribution in [2.75, 3.05) is 11.9 Å². The van der Waals surface area contributed by atoms with E-state index >= 15 is 0 Å². The number of carbonyl (C=O) groups is 5. The monoisotopic (exact) mass is 603 g/mol. The number of pyridine rings is 1. The Labute approximate surface area is 242 Å². The highest BCUT2D eigenvalue weighted by molar-refractivity contribution is 6.39. The molecule has 0 aliphatic carbocycles. The van der Waals surface area contributed by atoms with Gasteiger partial charge in [-0.1, -0.05) is 59.6 Å². The van der Waals surface area contributed by atoms with Crippen LogP contribution in [0.15, 0.2) is 71.7 Å². The molecule has 3 aromatic rings. The first-order chi connectivity index (χ1) is 19.5. The number of ether oxygens (including phenoxy) is 2. The number of aromatic nitrogens is 1. The van der Waals surface area contributed by atoms with Crippen molar-refractivity contribution in [3.63, 3.8) is 0 Å². The first-order valence-electron chi connectivity index (χ1n) is 11.9. The Balaban J connectivity index is 1.60. The second-order valence-electron chi connectivity index (χ2n) is 8.40. The van der Waals surface area contributed by atoms with Crippen molar-refractivity contribution in [3.8, 4) is 0 Å². The third-order valence-electron chi connectivity index (χ3n) is 5.40. The number of nitrogens with zero attached hydrogens (tertiary/aromatic N) is 1. The largest absolute Gasteiger partial charge is 0.481 e. The molecule has 2 aromatic carbocycles. The van der Waals surface area contributed by atoms with Crippen molar-refractivity contribution in [1.82, 2.24) is 9.88 Å². The fourth-order valence-corrected chi connectivity index (χ4v) is 3.99. The quantitative estimate of drug-likeness (QED) is 0.263. The summed E-state index contributed by atoms with van der Waals surface area (Å²) in [4.78, 5) is 73.8. The van der Waals surface area contributed by atoms with Crippen molar-refractivity contribution in [3.05, 3.63) is 98.4 Å². The van der Waals surface area contributed by atoms with Crippen LogP contribution in [-0.2, 0) is 37.0 Å². The topological polar surface area (TPSA) is 170 Å². The summed E-state index contributed by atoms with van der Waals surface area (Å²) in [6, 6.07) is 14.2. The molecule has 3 rings (SSSR count). The molecule has 0 spiro atoms. The Bertz CT molecular complexity index is 1490. The van der Waals surface area contributed by atoms with Crippen LogP contribution in [0.25, 0.3) is 0 Å². The predicted octanol–water partition coefficient (Wildman–Crippen LogP) is 3.29. The normalized spacial score (nSPS) is 11.2. The van der Waals surface area contributed by atoms with E-state index in [2.05, 4.69) is 10.6 Å². The highest BCUT2D eigenvalue weighted by Crippen LogP contribution is 2.25. The van der Waals surface area contributed by atoms with E-state index in [9.17, 15) is 33.9 Å². The second-order valence-corrected chi connectivity index (χ2v) is 9.21. The van der Waals surface area contributed by atoms with Gasteiger partial charge in [-0.15, -0.1) is 0 Å². The van der Waals surface area contributed by atoms with Crippen LogP contribution in [-0.4, -0.2) is 52.0 Å². The zero-order chi connectivity index (χ0) is 29.9. The number of ketones is 1. The van der Waals surface area contributed by atoms with Gasteiger partial charge in [0.15, 0.2) is 12.4 Å². The van der Waals surface area contributed by atoms with Crippen LogP contribution in [0.4, 0.5) is 10.5 Å². The molecule has 1 atom stereocenters. The van der Waals surface area contributed by atoms with Crippen LogP contribution in [0.5, 0.6) is 0 Å². The molecule has 41 heavy (non-hydrogen) atoms. The molecule has 0 aliphatic rings. The standard InChI is InChI=1S/C27H23Cl2N3O9/c28-17-8-4-9-18(29)24(17)26(38)40-15-21(33)20(12-23(35)36)30-22(34)13-32-11-5-10-19(25(32)37)31-27(39)41-14-16-6-2-1-3-7-16/h1-11,20H,12-15H2,(H,30,34)(H,31,39)(H,35,36). The lowest BCUT2D eigenvalue weighted by Gasteiger charge is -2.17. The minimum Gasteiger partial charge on any atom is -0.481 e. The van der Waals surface area contributed by atoms with E-state index in [1.165, 1.54) is 36.5 Å². The number of rotatable bonds is 12. The van der Waals surface area contributed by atoms with Crippen LogP contribution >= 0.6 is 23.2 Å². The molecule has 0 saturated heterocycles. The number of carboxylic acid groups (broad SMARTS) is 1. The van der Waals surface area contributed by atoms with Gasteiger partial charge in [0, 0.05) is 6.20 Å². The minimum absolute atomic E-state index is 0.0167. The Morgan fingerprint density at radius 2 is 1.59 bits per heavy atom. The summed E-state index contributed by atoms with van der Waals surface area (Å²) < 4.78 is 10.9. The van der Waals surface area contributed by atoms with E-state index in [0.717, 1.165) is 10.1 Å². The maximum Gasteiger partial charge on any atom is 0.412 e. The highest BCUT2D eigenvalue weighted by Gasteiger charge is 2.26. The van der Waals surface area contributed by atoms with Gasteiger partial charge in [-0.25, -0.2) is 9.59 Å². The molecule has 0 radical (unpaired) electrons. The summed E-state index contributed by atoms with van der Waals surface area (Å²) in [6.07, 6.45) is -0.461. The first kappa shape index (κ1) is 30.9. The first-order valence-corrected chi connectivity index (χ1v) is 12.6. The second kappa shape index (κ2) is 14.6. The molecule has 0 aliphatic heterocycles. The number of amides is 2. The summed E-state index contributed by atoms with van der Waals surface area (Å²) in [7, 11) is 0. The van der Waals surface area contributed by atoms with Gasteiger partial charge in [-0.2, -0.15) is 0 Å². The number of esters is 1. The Morgan fingerprint density at radius 3 is 2.24 bits per heavy atom. The Morgan fingerprint density at radius 1 is 0.902 bits per heavy atom. The van der Waals surface area contributed by atoms with E-state index in [4.69, 9.17) is 32.7 Å². The Kier molecular flexibility index (Phi) is 11.0. The average Bonchev–Trinajstić information content (AvgIpc) is 2.92. The molecule has 0 bridgehead atoms. The number of nitrogens with one attached hydrogen (secondary N) is 2. The molecule has 2 amide bonds. The molecule has 3 N–H and O–H groups in total. The molecule has 0 saturated carbocycles. The van der Waals surface area contributed by atoms with Crippen LogP contribution in [0.2, 0.25) is 10.0 Å². The van der Waals surface area contributed by atoms with Gasteiger partial charge in [0.2, 0.25) is 5.91 Å². The summed E-state index contributed by atoms with van der Waals surface area (Å²) in [5, 5.41) is 13.7. The van der Waals surface area contributed by atoms with Gasteiger partial charge < -0.3 is 24.5 Å². The van der Waals surface area contributed by atoms with Crippen LogP contribution in [0.3, 0.4) is 0 Å². The van der Waals surface area contributed by atoms with Crippen molar-refractivity contribution >= 4 is 58.6 Å². The SMILES string of the molecule is O=C(O)CC(NC(=O)Cn1cccc(NC(=O)OCc2ccccc2)c1=O)C(=O)COC(=O)c1c(Cl)cccc1Cl. The molecule has 14 heteroatoms. The van der Waals surface area contributed by atoms with Crippen molar-refractivity contribution < 1.29 is 38.6 Å². The summed E-state index contributed by atoms with van der Waals surface area (Å²) in [5.74, 6) is -4.26. The minimum atomic E-state index is -1.58. The van der Waals surface area contributed by atoms with Gasteiger partial charge in [-0.3, -0.25) is 24.5 Å². The van der Waals surface area contributed by atoms with Crippen LogP contribution in [0.1, 0.15) is 22.3 Å². The molecule has 214 valence electrons. The zero-order valence-corrected chi connectivity index (χ0v) is 22.7. The fraction of sp³-hybridized carbons (Fsp3) is 0.185. The molecular weight excluding hydrogens is 581 g/mol. The maximum absolute atomic E-state index is 12.8. The molecule has 1 unspecified atom stereocenters. The molecular formula is C27H23Cl2N3O9. The van der Waals surface area contributed by atoms with Crippen molar-refractivity contribution in [1.29, 1.82) is 0 Å². The molecule has 1 heterocycles. The summed E-state index contributed by atoms with van der Waals surface area (Å²) >= 11 is 11.9. The third kappa shape index (κ3) is 9.19. The van der Waals surface area contributed by atoms with Gasteiger partial charge in [0.1, 0.15) is 24.9 Å². The van der Waals surface area contributed by atoms with E-state index in [1.54, 1.807) is 30.3 Å². The van der Waals surface area contributed by atoms with Gasteiger partial charge >= 0.3 is 18.0 Å². The number of halogens is 2. The van der Waals surface area contributed by atoms with E-state index in [-0.39, 0.29) is 27.9 Å². The van der Waals surface area contributed by atoms with E-state index in [0.29, 0.717) is 0 Å². The number of carbonyl (C=O) groups excluding carboxylic acids is 4. The number of hydrogen-bond acceptors (Lipinski definition) is 8. The predicted molar refractivity (Wildman–Crippen MR) is 147 cm³/mol. The van der Waals surface area contributed by atoms with Crippen molar-refractivity contribution in [2.45, 2.75) is 25.6 Å². The van der Waals surface area contributed by atoms with E-state index < -0.39 is 60.9 Å². The number of hydrogen-bond donors (Lipinski definition) is 3. The van der Waals surface area contributed by atoms with Crippen LogP contribution in [0, 0.1) is 0 Å². The van der Waals surface area contributed by atoms with E-state index in [1.807, 2.05) is 0 Å². The summed E-state index contributed by atoms with van der Waals surface area (Å²) in [6.45, 7) is -1.54. The summed E-state index contributed by atoms with van der Waals surface area (Å²) in [5.41, 5.74) is -0.385. The number of anilines is 1. The van der Waals surface area contributed by atoms with Gasteiger partial charge in [0.05, 0.1) is 22.0 Å². The zero-order valence-electron chi connectivity index (χ0n) is 21.2. The smallest absolute Gasteiger partial charge is 0.412 e. The number of aliphatic carboxylic acids is 1.